The van der Waals surface area contributed by atoms with Crippen LogP contribution in [-0.2, 0) is 6.54 Å². The molecular weight excluding hydrogens is 274 g/mol. The van der Waals surface area contributed by atoms with Gasteiger partial charge in [0.1, 0.15) is 13.2 Å². The Balaban J connectivity index is 2.06. The van der Waals surface area contributed by atoms with Gasteiger partial charge in [-0.05, 0) is 37.3 Å². The fourth-order valence-electron chi connectivity index (χ4n) is 2.03. The Morgan fingerprint density at radius 1 is 1.30 bits per heavy atom. The predicted octanol–water partition coefficient (Wildman–Crippen LogP) is 2.43. The lowest BCUT2D eigenvalue weighted by Gasteiger charge is -2.23. The Morgan fingerprint density at radius 3 is 2.55 bits per heavy atom. The van der Waals surface area contributed by atoms with Crippen molar-refractivity contribution in [1.82, 2.24) is 5.32 Å². The van der Waals surface area contributed by atoms with Gasteiger partial charge in [0.15, 0.2) is 11.5 Å². The average molecular weight is 297 g/mol. The molecule has 1 aromatic carbocycles. The summed E-state index contributed by atoms with van der Waals surface area (Å²) in [7, 11) is 0. The van der Waals surface area contributed by atoms with Crippen LogP contribution in [0.25, 0.3) is 0 Å². The highest BCUT2D eigenvalue weighted by Gasteiger charge is 2.18. The Bertz CT molecular complexity index is 463. The second-order valence-corrected chi connectivity index (χ2v) is 6.11. The number of hydrogen-bond donors (Lipinski definition) is 2. The molecule has 0 aromatic heterocycles. The van der Waals surface area contributed by atoms with Gasteiger partial charge in [0.05, 0.1) is 5.60 Å². The third kappa shape index (κ3) is 3.81. The highest BCUT2D eigenvalue weighted by molar-refractivity contribution is 7.98. The standard InChI is InChI=1S/C15H23NO3S/c1-4-15(2,17)10-16-9-11-7-12-13(8-14(11)20-3)19-6-5-18-12/h7-8,16-17H,4-6,9-10H2,1-3H3. The van der Waals surface area contributed by atoms with Gasteiger partial charge in [0.2, 0.25) is 0 Å². The molecule has 0 radical (unpaired) electrons. The van der Waals surface area contributed by atoms with E-state index in [0.29, 0.717) is 26.3 Å². The molecule has 1 aliphatic rings. The number of aliphatic hydroxyl groups is 1. The molecule has 1 unspecified atom stereocenters. The first-order valence-electron chi connectivity index (χ1n) is 6.95. The zero-order valence-corrected chi connectivity index (χ0v) is 13.2. The molecule has 1 aliphatic heterocycles. The van der Waals surface area contributed by atoms with Crippen molar-refractivity contribution in [3.63, 3.8) is 0 Å². The van der Waals surface area contributed by atoms with E-state index >= 15 is 0 Å². The summed E-state index contributed by atoms with van der Waals surface area (Å²) < 4.78 is 11.2. The van der Waals surface area contributed by atoms with E-state index in [4.69, 9.17) is 9.47 Å². The molecule has 1 heterocycles. The topological polar surface area (TPSA) is 50.7 Å². The van der Waals surface area contributed by atoms with Crippen molar-refractivity contribution >= 4 is 11.8 Å². The molecule has 0 fully saturated rings. The Labute approximate surface area is 124 Å². The number of ether oxygens (including phenoxy) is 2. The summed E-state index contributed by atoms with van der Waals surface area (Å²) >= 11 is 1.69. The maximum atomic E-state index is 10.0. The van der Waals surface area contributed by atoms with Crippen molar-refractivity contribution in [1.29, 1.82) is 0 Å². The molecule has 0 amide bonds. The molecule has 0 spiro atoms. The van der Waals surface area contributed by atoms with Crippen molar-refractivity contribution in [3.8, 4) is 11.5 Å². The number of rotatable bonds is 6. The third-order valence-corrected chi connectivity index (χ3v) is 4.35. The minimum atomic E-state index is -0.659. The van der Waals surface area contributed by atoms with Crippen molar-refractivity contribution in [2.24, 2.45) is 0 Å². The number of thioether (sulfide) groups is 1. The van der Waals surface area contributed by atoms with E-state index in [0.717, 1.165) is 17.9 Å². The van der Waals surface area contributed by atoms with Crippen LogP contribution in [0.4, 0.5) is 0 Å². The summed E-state index contributed by atoms with van der Waals surface area (Å²) in [6, 6.07) is 4.07. The molecule has 0 aliphatic carbocycles. The largest absolute Gasteiger partial charge is 0.486 e. The second-order valence-electron chi connectivity index (χ2n) is 5.26. The van der Waals surface area contributed by atoms with Crippen LogP contribution in [0.2, 0.25) is 0 Å². The lowest BCUT2D eigenvalue weighted by atomic mass is 10.0. The summed E-state index contributed by atoms with van der Waals surface area (Å²) in [6.07, 6.45) is 2.79. The van der Waals surface area contributed by atoms with E-state index in [1.165, 1.54) is 10.5 Å². The van der Waals surface area contributed by atoms with E-state index in [2.05, 4.69) is 11.6 Å². The zero-order valence-electron chi connectivity index (χ0n) is 12.4. The van der Waals surface area contributed by atoms with Gasteiger partial charge < -0.3 is 19.9 Å². The molecule has 0 saturated heterocycles. The summed E-state index contributed by atoms with van der Waals surface area (Å²) in [5, 5.41) is 13.3. The molecule has 0 saturated carbocycles. The van der Waals surface area contributed by atoms with E-state index in [1.807, 2.05) is 26.0 Å². The van der Waals surface area contributed by atoms with Gasteiger partial charge in [-0.15, -0.1) is 11.8 Å². The minimum absolute atomic E-state index is 0.575. The SMILES string of the molecule is CCC(C)(O)CNCc1cc2c(cc1SC)OCCO2. The molecule has 2 N–H and O–H groups in total. The number of fused-ring (bicyclic) bond motifs is 1. The summed E-state index contributed by atoms with van der Waals surface area (Å²) in [4.78, 5) is 1.18. The normalized spacial score (nSPS) is 16.8. The highest BCUT2D eigenvalue weighted by Crippen LogP contribution is 2.36. The van der Waals surface area contributed by atoms with Gasteiger partial charge in [0, 0.05) is 18.0 Å². The van der Waals surface area contributed by atoms with Gasteiger partial charge >= 0.3 is 0 Å². The van der Waals surface area contributed by atoms with Gasteiger partial charge in [-0.25, -0.2) is 0 Å². The molecule has 112 valence electrons. The van der Waals surface area contributed by atoms with Crippen LogP contribution in [0.15, 0.2) is 17.0 Å². The zero-order chi connectivity index (χ0) is 14.6. The lowest BCUT2D eigenvalue weighted by molar-refractivity contribution is 0.0555. The monoisotopic (exact) mass is 297 g/mol. The van der Waals surface area contributed by atoms with Crippen LogP contribution in [0, 0.1) is 0 Å². The fraction of sp³-hybridized carbons (Fsp3) is 0.600. The van der Waals surface area contributed by atoms with Gasteiger partial charge in [-0.2, -0.15) is 0 Å². The first-order valence-corrected chi connectivity index (χ1v) is 8.18. The van der Waals surface area contributed by atoms with Crippen LogP contribution in [0.5, 0.6) is 11.5 Å². The molecule has 0 bridgehead atoms. The fourth-order valence-corrected chi connectivity index (χ4v) is 2.65. The Hall–Kier alpha value is -0.910. The quantitative estimate of drug-likeness (QED) is 0.790. The Kier molecular flexibility index (Phi) is 5.18. The van der Waals surface area contributed by atoms with Crippen molar-refractivity contribution < 1.29 is 14.6 Å². The highest BCUT2D eigenvalue weighted by atomic mass is 32.2. The predicted molar refractivity (Wildman–Crippen MR) is 81.8 cm³/mol. The van der Waals surface area contributed by atoms with Crippen LogP contribution >= 0.6 is 11.8 Å². The Morgan fingerprint density at radius 2 is 1.95 bits per heavy atom. The van der Waals surface area contributed by atoms with Gasteiger partial charge in [0.25, 0.3) is 0 Å². The number of nitrogens with one attached hydrogen (secondary N) is 1. The molecule has 4 nitrogen and oxygen atoms in total. The number of hydrogen-bond acceptors (Lipinski definition) is 5. The van der Waals surface area contributed by atoms with Crippen molar-refractivity contribution in [2.45, 2.75) is 37.3 Å². The maximum absolute atomic E-state index is 10.0. The smallest absolute Gasteiger partial charge is 0.162 e. The van der Waals surface area contributed by atoms with Crippen LogP contribution < -0.4 is 14.8 Å². The van der Waals surface area contributed by atoms with E-state index in [9.17, 15) is 5.11 Å². The molecule has 2 rings (SSSR count). The minimum Gasteiger partial charge on any atom is -0.486 e. The van der Waals surface area contributed by atoms with Crippen LogP contribution in [0.3, 0.4) is 0 Å². The van der Waals surface area contributed by atoms with Crippen LogP contribution in [0.1, 0.15) is 25.8 Å². The molecular formula is C15H23NO3S. The lowest BCUT2D eigenvalue weighted by Crippen LogP contribution is -2.36. The summed E-state index contributed by atoms with van der Waals surface area (Å²) in [5.74, 6) is 1.64. The van der Waals surface area contributed by atoms with Gasteiger partial charge in [-0.1, -0.05) is 6.92 Å². The number of benzene rings is 1. The molecule has 1 aromatic rings. The summed E-state index contributed by atoms with van der Waals surface area (Å²) in [5.41, 5.74) is 0.515. The first-order chi connectivity index (χ1) is 9.55. The molecule has 1 atom stereocenters. The average Bonchev–Trinajstić information content (AvgIpc) is 2.46. The van der Waals surface area contributed by atoms with E-state index in [1.54, 1.807) is 11.8 Å². The van der Waals surface area contributed by atoms with Crippen molar-refractivity contribution in [3.05, 3.63) is 17.7 Å². The van der Waals surface area contributed by atoms with E-state index in [-0.39, 0.29) is 0 Å². The van der Waals surface area contributed by atoms with E-state index < -0.39 is 5.60 Å². The van der Waals surface area contributed by atoms with Crippen molar-refractivity contribution in [2.75, 3.05) is 26.0 Å². The molecule has 20 heavy (non-hydrogen) atoms. The summed E-state index contributed by atoms with van der Waals surface area (Å²) in [6.45, 7) is 6.33. The van der Waals surface area contributed by atoms with Gasteiger partial charge in [-0.3, -0.25) is 0 Å². The first kappa shape index (κ1) is 15.5. The molecule has 5 heteroatoms. The maximum Gasteiger partial charge on any atom is 0.162 e. The second kappa shape index (κ2) is 6.70. The van der Waals surface area contributed by atoms with Crippen LogP contribution in [-0.4, -0.2) is 36.7 Å². The third-order valence-electron chi connectivity index (χ3n) is 3.53.